The van der Waals surface area contributed by atoms with Gasteiger partial charge in [0.15, 0.2) is 0 Å². The summed E-state index contributed by atoms with van der Waals surface area (Å²) in [4.78, 5) is 0. The van der Waals surface area contributed by atoms with Crippen LogP contribution >= 0.6 is 0 Å². The smallest absolute Gasteiger partial charge is 0.0325 e. The minimum atomic E-state index is 0.887. The number of hydrogen-bond donors (Lipinski definition) is 0. The summed E-state index contributed by atoms with van der Waals surface area (Å²) in [6.07, 6.45) is 23.0. The lowest BCUT2D eigenvalue weighted by Gasteiger charge is -2.07. The van der Waals surface area contributed by atoms with Gasteiger partial charge in [0.05, 0.1) is 0 Å². The first kappa shape index (κ1) is 18.7. The topological polar surface area (TPSA) is 0 Å². The predicted molar refractivity (Wildman–Crippen MR) is 89.7 cm³/mol. The van der Waals surface area contributed by atoms with E-state index in [4.69, 9.17) is 0 Å². The summed E-state index contributed by atoms with van der Waals surface area (Å²) in [6, 6.07) is 0. The SMILES string of the molecule is CCCCCCCC/C=C/CC(C)CCCCCC. The molecule has 0 spiro atoms. The van der Waals surface area contributed by atoms with E-state index in [0.29, 0.717) is 0 Å². The Kier molecular flexibility index (Phi) is 15.6. The molecule has 0 aliphatic carbocycles. The van der Waals surface area contributed by atoms with E-state index in [1.807, 2.05) is 0 Å². The minimum Gasteiger partial charge on any atom is -0.0885 e. The Bertz CT molecular complexity index is 180. The highest BCUT2D eigenvalue weighted by Gasteiger charge is 1.98. The molecule has 0 aromatic heterocycles. The van der Waals surface area contributed by atoms with Crippen molar-refractivity contribution in [3.63, 3.8) is 0 Å². The van der Waals surface area contributed by atoms with Crippen LogP contribution in [0.4, 0.5) is 0 Å². The van der Waals surface area contributed by atoms with Crippen molar-refractivity contribution in [3.05, 3.63) is 12.2 Å². The molecule has 0 N–H and O–H groups in total. The highest BCUT2D eigenvalue weighted by molar-refractivity contribution is 4.83. The van der Waals surface area contributed by atoms with E-state index in [2.05, 4.69) is 32.9 Å². The molecule has 19 heavy (non-hydrogen) atoms. The molecule has 0 saturated heterocycles. The van der Waals surface area contributed by atoms with Crippen LogP contribution in [0.1, 0.15) is 104 Å². The highest BCUT2D eigenvalue weighted by atomic mass is 14.0. The number of rotatable bonds is 14. The van der Waals surface area contributed by atoms with Crippen molar-refractivity contribution in [3.8, 4) is 0 Å². The van der Waals surface area contributed by atoms with Gasteiger partial charge in [-0.15, -0.1) is 0 Å². The molecule has 0 heterocycles. The lowest BCUT2D eigenvalue weighted by molar-refractivity contribution is 0.493. The Hall–Kier alpha value is -0.260. The number of allylic oxidation sites excluding steroid dienone is 2. The number of hydrogen-bond acceptors (Lipinski definition) is 0. The maximum atomic E-state index is 2.43. The summed E-state index contributed by atoms with van der Waals surface area (Å²) in [6.45, 7) is 6.97. The van der Waals surface area contributed by atoms with Crippen molar-refractivity contribution in [2.45, 2.75) is 104 Å². The van der Waals surface area contributed by atoms with E-state index >= 15 is 0 Å². The zero-order valence-electron chi connectivity index (χ0n) is 13.9. The van der Waals surface area contributed by atoms with Gasteiger partial charge in [0.2, 0.25) is 0 Å². The first-order valence-electron chi connectivity index (χ1n) is 8.96. The molecular formula is C19H38. The van der Waals surface area contributed by atoms with Gasteiger partial charge in [-0.25, -0.2) is 0 Å². The van der Waals surface area contributed by atoms with Crippen LogP contribution in [0.5, 0.6) is 0 Å². The van der Waals surface area contributed by atoms with Crippen molar-refractivity contribution in [2.75, 3.05) is 0 Å². The molecule has 114 valence electrons. The molecule has 0 radical (unpaired) electrons. The molecule has 0 fully saturated rings. The second-order valence-electron chi connectivity index (χ2n) is 6.22. The lowest BCUT2D eigenvalue weighted by Crippen LogP contribution is -1.92. The zero-order chi connectivity index (χ0) is 14.2. The van der Waals surface area contributed by atoms with Gasteiger partial charge in [0.25, 0.3) is 0 Å². The summed E-state index contributed by atoms with van der Waals surface area (Å²) in [7, 11) is 0. The van der Waals surface area contributed by atoms with Gasteiger partial charge in [0, 0.05) is 0 Å². The summed E-state index contributed by atoms with van der Waals surface area (Å²) in [5.41, 5.74) is 0. The van der Waals surface area contributed by atoms with Crippen LogP contribution in [-0.2, 0) is 0 Å². The Labute approximate surface area is 123 Å². The van der Waals surface area contributed by atoms with Crippen molar-refractivity contribution in [1.82, 2.24) is 0 Å². The van der Waals surface area contributed by atoms with Crippen molar-refractivity contribution < 1.29 is 0 Å². The molecular weight excluding hydrogens is 228 g/mol. The van der Waals surface area contributed by atoms with Crippen LogP contribution in [-0.4, -0.2) is 0 Å². The third-order valence-corrected chi connectivity index (χ3v) is 3.98. The quantitative estimate of drug-likeness (QED) is 0.229. The second kappa shape index (κ2) is 15.8. The monoisotopic (exact) mass is 266 g/mol. The number of unbranched alkanes of at least 4 members (excludes halogenated alkanes) is 9. The van der Waals surface area contributed by atoms with Crippen molar-refractivity contribution in [2.24, 2.45) is 5.92 Å². The average Bonchev–Trinajstić information content (AvgIpc) is 2.42. The van der Waals surface area contributed by atoms with Gasteiger partial charge < -0.3 is 0 Å². The van der Waals surface area contributed by atoms with E-state index < -0.39 is 0 Å². The van der Waals surface area contributed by atoms with Gasteiger partial charge in [0.1, 0.15) is 0 Å². The fourth-order valence-corrected chi connectivity index (χ4v) is 2.53. The predicted octanol–water partition coefficient (Wildman–Crippen LogP) is 7.29. The fourth-order valence-electron chi connectivity index (χ4n) is 2.53. The van der Waals surface area contributed by atoms with Gasteiger partial charge in [-0.05, 0) is 25.2 Å². The van der Waals surface area contributed by atoms with E-state index in [1.165, 1.54) is 83.5 Å². The molecule has 1 atom stereocenters. The lowest BCUT2D eigenvalue weighted by atomic mass is 9.99. The Balaban J connectivity index is 3.22. The largest absolute Gasteiger partial charge is 0.0885 e. The normalized spacial score (nSPS) is 13.2. The van der Waals surface area contributed by atoms with E-state index in [1.54, 1.807) is 0 Å². The summed E-state index contributed by atoms with van der Waals surface area (Å²) < 4.78 is 0. The van der Waals surface area contributed by atoms with Gasteiger partial charge in [-0.3, -0.25) is 0 Å². The van der Waals surface area contributed by atoms with Gasteiger partial charge >= 0.3 is 0 Å². The van der Waals surface area contributed by atoms with Crippen LogP contribution in [0, 0.1) is 5.92 Å². The molecule has 1 unspecified atom stereocenters. The van der Waals surface area contributed by atoms with E-state index in [9.17, 15) is 0 Å². The summed E-state index contributed by atoms with van der Waals surface area (Å²) >= 11 is 0. The first-order valence-corrected chi connectivity index (χ1v) is 8.96. The maximum Gasteiger partial charge on any atom is -0.0325 e. The van der Waals surface area contributed by atoms with E-state index in [0.717, 1.165) is 5.92 Å². The molecule has 0 aliphatic rings. The first-order chi connectivity index (χ1) is 9.31. The molecule has 0 saturated carbocycles. The molecule has 0 aromatic carbocycles. The highest BCUT2D eigenvalue weighted by Crippen LogP contribution is 2.14. The Morgan fingerprint density at radius 1 is 0.684 bits per heavy atom. The molecule has 0 amide bonds. The van der Waals surface area contributed by atoms with Crippen molar-refractivity contribution in [1.29, 1.82) is 0 Å². The van der Waals surface area contributed by atoms with Gasteiger partial charge in [-0.1, -0.05) is 97.1 Å². The standard InChI is InChI=1S/C19H38/c1-4-6-8-10-11-12-13-14-16-18-19(3)17-15-9-7-5-2/h14,16,19H,4-13,15,17-18H2,1-3H3/b16-14+. The minimum absolute atomic E-state index is 0.887. The molecule has 0 aliphatic heterocycles. The van der Waals surface area contributed by atoms with E-state index in [-0.39, 0.29) is 0 Å². The molecule has 0 bridgehead atoms. The summed E-state index contributed by atoms with van der Waals surface area (Å²) in [5.74, 6) is 0.887. The van der Waals surface area contributed by atoms with Crippen LogP contribution in [0.3, 0.4) is 0 Å². The molecule has 0 rings (SSSR count). The van der Waals surface area contributed by atoms with Crippen LogP contribution < -0.4 is 0 Å². The Morgan fingerprint density at radius 2 is 1.26 bits per heavy atom. The van der Waals surface area contributed by atoms with Crippen LogP contribution in [0.25, 0.3) is 0 Å². The third kappa shape index (κ3) is 15.7. The molecule has 0 heteroatoms. The van der Waals surface area contributed by atoms with Crippen LogP contribution in [0.15, 0.2) is 12.2 Å². The second-order valence-corrected chi connectivity index (χ2v) is 6.22. The molecule has 0 aromatic rings. The zero-order valence-corrected chi connectivity index (χ0v) is 13.9. The average molecular weight is 267 g/mol. The van der Waals surface area contributed by atoms with Crippen LogP contribution in [0.2, 0.25) is 0 Å². The molecule has 0 nitrogen and oxygen atoms in total. The van der Waals surface area contributed by atoms with Gasteiger partial charge in [-0.2, -0.15) is 0 Å². The van der Waals surface area contributed by atoms with Crippen molar-refractivity contribution >= 4 is 0 Å². The Morgan fingerprint density at radius 3 is 1.95 bits per heavy atom. The fraction of sp³-hybridized carbons (Fsp3) is 0.895. The summed E-state index contributed by atoms with van der Waals surface area (Å²) in [5, 5.41) is 0. The maximum absolute atomic E-state index is 2.43. The third-order valence-electron chi connectivity index (χ3n) is 3.98.